The molecule has 0 fully saturated rings. The first-order chi connectivity index (χ1) is 12.5. The van der Waals surface area contributed by atoms with Crippen LogP contribution in [-0.4, -0.2) is 15.9 Å². The van der Waals surface area contributed by atoms with E-state index in [9.17, 15) is 13.6 Å². The molecule has 0 aliphatic carbocycles. The van der Waals surface area contributed by atoms with Crippen LogP contribution in [-0.2, 0) is 6.42 Å². The van der Waals surface area contributed by atoms with Gasteiger partial charge in [-0.15, -0.1) is 0 Å². The Hall–Kier alpha value is -3.09. The molecule has 134 valence electrons. The fraction of sp³-hybridized carbons (Fsp3) is 0.211. The Morgan fingerprint density at radius 1 is 1.15 bits per heavy atom. The number of hydrogen-bond acceptors (Lipinski definition) is 4. The maximum absolute atomic E-state index is 13.6. The Morgan fingerprint density at radius 3 is 2.42 bits per heavy atom. The van der Waals surface area contributed by atoms with Crippen LogP contribution in [0.5, 0.6) is 0 Å². The van der Waals surface area contributed by atoms with Crippen molar-refractivity contribution in [3.8, 4) is 11.3 Å². The minimum atomic E-state index is -1.01. The van der Waals surface area contributed by atoms with Gasteiger partial charge in [0.1, 0.15) is 17.0 Å². The van der Waals surface area contributed by atoms with Gasteiger partial charge < -0.3 is 9.73 Å². The number of amides is 1. The maximum atomic E-state index is 13.6. The van der Waals surface area contributed by atoms with Gasteiger partial charge in [-0.2, -0.15) is 0 Å². The highest BCUT2D eigenvalue weighted by Gasteiger charge is 2.18. The first-order valence-corrected chi connectivity index (χ1v) is 8.16. The van der Waals surface area contributed by atoms with Gasteiger partial charge in [0, 0.05) is 17.7 Å². The summed E-state index contributed by atoms with van der Waals surface area (Å²) in [6, 6.07) is 6.79. The molecule has 0 saturated heterocycles. The summed E-state index contributed by atoms with van der Waals surface area (Å²) < 4.78 is 32.9. The largest absolute Gasteiger partial charge is 0.445 e. The van der Waals surface area contributed by atoms with Crippen molar-refractivity contribution >= 4 is 11.6 Å². The van der Waals surface area contributed by atoms with E-state index in [0.29, 0.717) is 17.3 Å². The molecule has 1 N–H and O–H groups in total. The van der Waals surface area contributed by atoms with Crippen molar-refractivity contribution in [1.29, 1.82) is 0 Å². The van der Waals surface area contributed by atoms with Crippen molar-refractivity contribution < 1.29 is 18.0 Å². The third kappa shape index (κ3) is 3.61. The lowest BCUT2D eigenvalue weighted by molar-refractivity contribution is 0.101. The molecule has 5 nitrogen and oxygen atoms in total. The number of carbonyl (C=O) groups excluding carboxylic acids is 1. The van der Waals surface area contributed by atoms with Gasteiger partial charge in [-0.3, -0.25) is 9.78 Å². The van der Waals surface area contributed by atoms with Crippen LogP contribution < -0.4 is 5.32 Å². The lowest BCUT2D eigenvalue weighted by Crippen LogP contribution is -2.16. The molecule has 0 radical (unpaired) electrons. The summed E-state index contributed by atoms with van der Waals surface area (Å²) in [6.07, 6.45) is 3.29. The van der Waals surface area contributed by atoms with Crippen LogP contribution in [0.15, 0.2) is 41.1 Å². The molecule has 3 rings (SSSR count). The number of benzene rings is 1. The summed E-state index contributed by atoms with van der Waals surface area (Å²) in [7, 11) is 0. The molecule has 2 heterocycles. The number of oxazole rings is 1. The van der Waals surface area contributed by atoms with Crippen LogP contribution in [0.2, 0.25) is 0 Å². The van der Waals surface area contributed by atoms with Gasteiger partial charge in [-0.25, -0.2) is 13.8 Å². The molecule has 0 unspecified atom stereocenters. The Morgan fingerprint density at radius 2 is 1.81 bits per heavy atom. The van der Waals surface area contributed by atoms with Gasteiger partial charge in [0.2, 0.25) is 0 Å². The molecule has 2 aromatic heterocycles. The van der Waals surface area contributed by atoms with E-state index in [1.807, 2.05) is 13.8 Å². The number of nitrogens with one attached hydrogen (secondary N) is 1. The van der Waals surface area contributed by atoms with E-state index in [2.05, 4.69) is 15.3 Å². The number of halogens is 2. The molecule has 1 amide bonds. The van der Waals surface area contributed by atoms with E-state index < -0.39 is 23.1 Å². The third-order valence-electron chi connectivity index (χ3n) is 3.80. The Kier molecular flexibility index (Phi) is 5.06. The van der Waals surface area contributed by atoms with Crippen molar-refractivity contribution in [2.45, 2.75) is 26.7 Å². The molecular weight excluding hydrogens is 340 g/mol. The first-order valence-electron chi connectivity index (χ1n) is 8.16. The van der Waals surface area contributed by atoms with Crippen LogP contribution in [0.1, 0.15) is 35.4 Å². The second-order valence-corrected chi connectivity index (χ2v) is 5.77. The molecule has 7 heteroatoms. The number of aromatic nitrogens is 2. The molecular formula is C19H17F2N3O2. The molecule has 0 aliphatic rings. The summed E-state index contributed by atoms with van der Waals surface area (Å²) in [4.78, 5) is 19.9. The second kappa shape index (κ2) is 7.43. The van der Waals surface area contributed by atoms with Gasteiger partial charge in [0.15, 0.2) is 17.5 Å². The minimum absolute atomic E-state index is 0.407. The van der Waals surface area contributed by atoms with Crippen molar-refractivity contribution in [1.82, 2.24) is 9.97 Å². The lowest BCUT2D eigenvalue weighted by Gasteiger charge is -2.07. The van der Waals surface area contributed by atoms with Crippen molar-refractivity contribution in [3.63, 3.8) is 0 Å². The number of nitrogens with zero attached hydrogens (tertiary/aromatic N) is 2. The molecule has 0 saturated carbocycles. The molecule has 26 heavy (non-hydrogen) atoms. The van der Waals surface area contributed by atoms with Gasteiger partial charge in [-0.1, -0.05) is 19.1 Å². The van der Waals surface area contributed by atoms with Crippen molar-refractivity contribution in [2.75, 3.05) is 5.32 Å². The van der Waals surface area contributed by atoms with Gasteiger partial charge in [-0.05, 0) is 25.5 Å². The highest BCUT2D eigenvalue weighted by molar-refractivity contribution is 6.04. The average Bonchev–Trinajstić information content (AvgIpc) is 2.96. The molecule has 0 atom stereocenters. The summed E-state index contributed by atoms with van der Waals surface area (Å²) in [5.41, 5.74) is 1.30. The van der Waals surface area contributed by atoms with Crippen LogP contribution >= 0.6 is 0 Å². The Balaban J connectivity index is 1.79. The number of aryl methyl sites for hydroxylation is 2. The van der Waals surface area contributed by atoms with E-state index in [1.54, 1.807) is 24.3 Å². The molecule has 0 bridgehead atoms. The highest BCUT2D eigenvalue weighted by atomic mass is 19.1. The molecule has 3 aromatic rings. The van der Waals surface area contributed by atoms with Crippen LogP contribution in [0, 0.1) is 18.6 Å². The Labute approximate surface area is 149 Å². The predicted molar refractivity (Wildman–Crippen MR) is 92.8 cm³/mol. The SMILES string of the molecule is CCCc1nc(-c2ccc(NC(=O)c3c(F)cncc3F)cc2)c(C)o1. The van der Waals surface area contributed by atoms with Gasteiger partial charge in [0.25, 0.3) is 5.91 Å². The standard InChI is InChI=1S/C19H17F2N3O2/c1-3-4-16-24-18(11(2)26-16)12-5-7-13(8-6-12)23-19(25)17-14(20)9-22-10-15(17)21/h5-10H,3-4H2,1-2H3,(H,23,25). The third-order valence-corrected chi connectivity index (χ3v) is 3.80. The minimum Gasteiger partial charge on any atom is -0.445 e. The summed E-state index contributed by atoms with van der Waals surface area (Å²) in [6.45, 7) is 3.89. The number of hydrogen-bond donors (Lipinski definition) is 1. The highest BCUT2D eigenvalue weighted by Crippen LogP contribution is 2.25. The second-order valence-electron chi connectivity index (χ2n) is 5.77. The number of carbonyl (C=O) groups is 1. The number of rotatable bonds is 5. The maximum Gasteiger partial charge on any atom is 0.261 e. The monoisotopic (exact) mass is 357 g/mol. The zero-order valence-electron chi connectivity index (χ0n) is 14.3. The van der Waals surface area contributed by atoms with Crippen LogP contribution in [0.25, 0.3) is 11.3 Å². The normalized spacial score (nSPS) is 10.8. The molecule has 0 spiro atoms. The van der Waals surface area contributed by atoms with E-state index >= 15 is 0 Å². The quantitative estimate of drug-likeness (QED) is 0.728. The van der Waals surface area contributed by atoms with Gasteiger partial charge >= 0.3 is 0 Å². The summed E-state index contributed by atoms with van der Waals surface area (Å²) in [5, 5.41) is 2.47. The smallest absolute Gasteiger partial charge is 0.261 e. The van der Waals surface area contributed by atoms with Crippen molar-refractivity contribution in [3.05, 3.63) is 65.5 Å². The lowest BCUT2D eigenvalue weighted by atomic mass is 10.1. The first kappa shape index (κ1) is 17.7. The topological polar surface area (TPSA) is 68.0 Å². The molecule has 1 aromatic carbocycles. The number of pyridine rings is 1. The van der Waals surface area contributed by atoms with E-state index in [-0.39, 0.29) is 0 Å². The van der Waals surface area contributed by atoms with E-state index in [4.69, 9.17) is 4.42 Å². The van der Waals surface area contributed by atoms with E-state index in [1.165, 1.54) is 0 Å². The number of anilines is 1. The Bertz CT molecular complexity index is 916. The van der Waals surface area contributed by atoms with Crippen LogP contribution in [0.3, 0.4) is 0 Å². The van der Waals surface area contributed by atoms with Gasteiger partial charge in [0.05, 0.1) is 12.4 Å². The van der Waals surface area contributed by atoms with Crippen LogP contribution in [0.4, 0.5) is 14.5 Å². The van der Waals surface area contributed by atoms with Crippen molar-refractivity contribution in [2.24, 2.45) is 0 Å². The zero-order valence-corrected chi connectivity index (χ0v) is 14.3. The average molecular weight is 357 g/mol. The fourth-order valence-electron chi connectivity index (χ4n) is 2.57. The zero-order chi connectivity index (χ0) is 18.7. The predicted octanol–water partition coefficient (Wildman–Crippen LogP) is 4.53. The molecule has 0 aliphatic heterocycles. The van der Waals surface area contributed by atoms with E-state index in [0.717, 1.165) is 36.5 Å². The summed E-state index contributed by atoms with van der Waals surface area (Å²) in [5.74, 6) is -1.51. The summed E-state index contributed by atoms with van der Waals surface area (Å²) >= 11 is 0. The fourth-order valence-corrected chi connectivity index (χ4v) is 2.57.